The second-order valence-corrected chi connectivity index (χ2v) is 3.87. The minimum absolute atomic E-state index is 0.111. The summed E-state index contributed by atoms with van der Waals surface area (Å²) in [6.07, 6.45) is 1.96. The predicted molar refractivity (Wildman–Crippen MR) is 62.6 cm³/mol. The van der Waals surface area contributed by atoms with E-state index in [2.05, 4.69) is 10.1 Å². The summed E-state index contributed by atoms with van der Waals surface area (Å²) < 4.78 is 4.42. The lowest BCUT2D eigenvalue weighted by molar-refractivity contribution is -0.139. The molecule has 0 spiro atoms. The monoisotopic (exact) mass is 239 g/mol. The highest BCUT2D eigenvalue weighted by Crippen LogP contribution is 2.14. The lowest BCUT2D eigenvalue weighted by Crippen LogP contribution is -2.30. The fraction of sp³-hybridized carbons (Fsp3) is 0.273. The van der Waals surface area contributed by atoms with Gasteiger partial charge in [-0.05, 0) is 30.5 Å². The number of benzene rings is 1. The van der Waals surface area contributed by atoms with Crippen molar-refractivity contribution in [2.75, 3.05) is 19.9 Å². The first-order chi connectivity index (χ1) is 7.67. The highest BCUT2D eigenvalue weighted by molar-refractivity contribution is 7.98. The zero-order valence-corrected chi connectivity index (χ0v) is 9.97. The van der Waals surface area contributed by atoms with E-state index >= 15 is 0 Å². The van der Waals surface area contributed by atoms with Crippen LogP contribution in [0.1, 0.15) is 10.4 Å². The van der Waals surface area contributed by atoms with Gasteiger partial charge in [0.2, 0.25) is 0 Å². The average Bonchev–Trinajstić information content (AvgIpc) is 2.35. The van der Waals surface area contributed by atoms with Crippen LogP contribution in [-0.2, 0) is 9.53 Å². The molecule has 0 atom stereocenters. The molecule has 0 saturated heterocycles. The molecule has 1 aromatic rings. The molecular formula is C11H13NO3S. The number of hydrogen-bond donors (Lipinski definition) is 1. The number of methoxy groups -OCH3 is 1. The van der Waals surface area contributed by atoms with Crippen molar-refractivity contribution in [1.29, 1.82) is 0 Å². The van der Waals surface area contributed by atoms with Gasteiger partial charge in [0.15, 0.2) is 0 Å². The fourth-order valence-corrected chi connectivity index (χ4v) is 1.48. The Balaban J connectivity index is 2.56. The highest BCUT2D eigenvalue weighted by atomic mass is 32.2. The number of carbonyl (C=O) groups excluding carboxylic acids is 2. The van der Waals surface area contributed by atoms with Gasteiger partial charge in [0.1, 0.15) is 6.54 Å². The molecule has 0 bridgehead atoms. The third-order valence-corrected chi connectivity index (χ3v) is 2.72. The van der Waals surface area contributed by atoms with E-state index in [1.807, 2.05) is 18.4 Å². The molecular weight excluding hydrogens is 226 g/mol. The van der Waals surface area contributed by atoms with Gasteiger partial charge >= 0.3 is 5.97 Å². The summed E-state index contributed by atoms with van der Waals surface area (Å²) in [6, 6.07) is 7.16. The molecule has 0 radical (unpaired) electrons. The second-order valence-electron chi connectivity index (χ2n) is 2.99. The lowest BCUT2D eigenvalue weighted by atomic mass is 10.2. The van der Waals surface area contributed by atoms with Gasteiger partial charge in [0.05, 0.1) is 7.11 Å². The van der Waals surface area contributed by atoms with Gasteiger partial charge in [0, 0.05) is 10.5 Å². The number of ether oxygens (including phenoxy) is 1. The molecule has 0 fully saturated rings. The van der Waals surface area contributed by atoms with Crippen LogP contribution in [0.4, 0.5) is 0 Å². The second kappa shape index (κ2) is 6.17. The van der Waals surface area contributed by atoms with Crippen LogP contribution in [0.15, 0.2) is 29.2 Å². The van der Waals surface area contributed by atoms with Gasteiger partial charge < -0.3 is 10.1 Å². The van der Waals surface area contributed by atoms with E-state index in [4.69, 9.17) is 0 Å². The Bertz CT molecular complexity index is 375. The first-order valence-electron chi connectivity index (χ1n) is 4.66. The van der Waals surface area contributed by atoms with Gasteiger partial charge in [-0.3, -0.25) is 9.59 Å². The standard InChI is InChI=1S/C11H13NO3S/c1-15-10(13)7-12-11(14)8-3-5-9(16-2)6-4-8/h3-6H,7H2,1-2H3,(H,12,14). The molecule has 0 aromatic heterocycles. The molecule has 1 N–H and O–H groups in total. The summed E-state index contributed by atoms with van der Waals surface area (Å²) in [5, 5.41) is 2.47. The van der Waals surface area contributed by atoms with Crippen LogP contribution in [0.2, 0.25) is 0 Å². The summed E-state index contributed by atoms with van der Waals surface area (Å²) in [5.41, 5.74) is 0.529. The van der Waals surface area contributed by atoms with E-state index < -0.39 is 5.97 Å². The Kier molecular flexibility index (Phi) is 4.85. The molecule has 0 unspecified atom stereocenters. The highest BCUT2D eigenvalue weighted by Gasteiger charge is 2.07. The van der Waals surface area contributed by atoms with Crippen LogP contribution >= 0.6 is 11.8 Å². The SMILES string of the molecule is COC(=O)CNC(=O)c1ccc(SC)cc1. The Morgan fingerprint density at radius 3 is 2.44 bits per heavy atom. The van der Waals surface area contributed by atoms with Crippen molar-refractivity contribution in [3.63, 3.8) is 0 Å². The predicted octanol–water partition coefficient (Wildman–Crippen LogP) is 1.31. The van der Waals surface area contributed by atoms with E-state index in [1.54, 1.807) is 23.9 Å². The largest absolute Gasteiger partial charge is 0.468 e. The summed E-state index contributed by atoms with van der Waals surface area (Å²) in [4.78, 5) is 23.4. The van der Waals surface area contributed by atoms with Gasteiger partial charge in [-0.1, -0.05) is 0 Å². The third-order valence-electron chi connectivity index (χ3n) is 1.97. The van der Waals surface area contributed by atoms with Crippen LogP contribution in [-0.4, -0.2) is 31.8 Å². The first kappa shape index (κ1) is 12.6. The fourth-order valence-electron chi connectivity index (χ4n) is 1.07. The molecule has 1 amide bonds. The van der Waals surface area contributed by atoms with E-state index in [0.717, 1.165) is 4.90 Å². The van der Waals surface area contributed by atoms with E-state index in [9.17, 15) is 9.59 Å². The normalized spacial score (nSPS) is 9.62. The number of rotatable bonds is 4. The number of carbonyl (C=O) groups is 2. The quantitative estimate of drug-likeness (QED) is 0.636. The number of nitrogens with one attached hydrogen (secondary N) is 1. The van der Waals surface area contributed by atoms with E-state index in [0.29, 0.717) is 5.56 Å². The maximum atomic E-state index is 11.5. The number of amides is 1. The average molecular weight is 239 g/mol. The van der Waals surface area contributed by atoms with Crippen LogP contribution in [0.25, 0.3) is 0 Å². The van der Waals surface area contributed by atoms with Crippen molar-refractivity contribution < 1.29 is 14.3 Å². The van der Waals surface area contributed by atoms with E-state index in [1.165, 1.54) is 7.11 Å². The molecule has 0 aliphatic heterocycles. The Morgan fingerprint density at radius 2 is 1.94 bits per heavy atom. The van der Waals surface area contributed by atoms with Crippen molar-refractivity contribution >= 4 is 23.6 Å². The molecule has 4 nitrogen and oxygen atoms in total. The molecule has 0 heterocycles. The summed E-state index contributed by atoms with van der Waals surface area (Å²) >= 11 is 1.61. The van der Waals surface area contributed by atoms with Crippen LogP contribution in [0.3, 0.4) is 0 Å². The minimum atomic E-state index is -0.464. The van der Waals surface area contributed by atoms with Gasteiger partial charge in [-0.25, -0.2) is 0 Å². The summed E-state index contributed by atoms with van der Waals surface area (Å²) in [7, 11) is 1.28. The maximum Gasteiger partial charge on any atom is 0.325 e. The third kappa shape index (κ3) is 3.58. The van der Waals surface area contributed by atoms with Crippen molar-refractivity contribution in [2.45, 2.75) is 4.90 Å². The Morgan fingerprint density at radius 1 is 1.31 bits per heavy atom. The topological polar surface area (TPSA) is 55.4 Å². The van der Waals surface area contributed by atoms with Crippen molar-refractivity contribution in [2.24, 2.45) is 0 Å². The summed E-state index contributed by atoms with van der Waals surface area (Å²) in [6.45, 7) is -0.111. The first-order valence-corrected chi connectivity index (χ1v) is 5.89. The molecule has 0 aliphatic rings. The van der Waals surface area contributed by atoms with Gasteiger partial charge in [0.25, 0.3) is 5.91 Å². The lowest BCUT2D eigenvalue weighted by Gasteiger charge is -2.04. The molecule has 0 saturated carbocycles. The molecule has 1 aromatic carbocycles. The maximum absolute atomic E-state index is 11.5. The van der Waals surface area contributed by atoms with Gasteiger partial charge in [-0.2, -0.15) is 0 Å². The van der Waals surface area contributed by atoms with E-state index in [-0.39, 0.29) is 12.5 Å². The molecule has 86 valence electrons. The van der Waals surface area contributed by atoms with Crippen LogP contribution < -0.4 is 5.32 Å². The molecule has 16 heavy (non-hydrogen) atoms. The van der Waals surface area contributed by atoms with Crippen molar-refractivity contribution in [3.05, 3.63) is 29.8 Å². The summed E-state index contributed by atoms with van der Waals surface area (Å²) in [5.74, 6) is -0.743. The zero-order valence-electron chi connectivity index (χ0n) is 9.15. The van der Waals surface area contributed by atoms with Gasteiger partial charge in [-0.15, -0.1) is 11.8 Å². The minimum Gasteiger partial charge on any atom is -0.468 e. The molecule has 5 heteroatoms. The van der Waals surface area contributed by atoms with Crippen LogP contribution in [0.5, 0.6) is 0 Å². The number of hydrogen-bond acceptors (Lipinski definition) is 4. The number of thioether (sulfide) groups is 1. The molecule has 1 rings (SSSR count). The molecule has 0 aliphatic carbocycles. The van der Waals surface area contributed by atoms with Crippen LogP contribution in [0, 0.1) is 0 Å². The number of esters is 1. The zero-order chi connectivity index (χ0) is 12.0. The Labute approximate surface area is 98.4 Å². The smallest absolute Gasteiger partial charge is 0.325 e. The Hall–Kier alpha value is -1.49. The van der Waals surface area contributed by atoms with Crippen molar-refractivity contribution in [1.82, 2.24) is 5.32 Å². The van der Waals surface area contributed by atoms with Crippen molar-refractivity contribution in [3.8, 4) is 0 Å².